The number of carbonyl (C=O) groups excluding carboxylic acids is 1. The molecule has 1 aromatic carbocycles. The van der Waals surface area contributed by atoms with Gasteiger partial charge in [-0.2, -0.15) is 13.2 Å². The standard InChI is InChI=1S/C24H23F3N4O2/c1-2-33-19-7-5-15-4-3-9-28-22(15)21(19)23(32)31-13-14-10-17(18(31)11-14)30-20-8-6-16(12-29-20)24(25,26)27/h3-9,12,14,17-18H,2,10-11,13H2,1H3,(H,29,30)/t14-,17-,18+/m1/s1. The van der Waals surface area contributed by atoms with Gasteiger partial charge in [-0.3, -0.25) is 9.78 Å². The number of anilines is 1. The van der Waals surface area contributed by atoms with Crippen molar-refractivity contribution >= 4 is 22.6 Å². The van der Waals surface area contributed by atoms with E-state index in [1.807, 2.05) is 30.0 Å². The number of aromatic nitrogens is 2. The molecule has 2 fully saturated rings. The molecule has 5 rings (SSSR count). The highest BCUT2D eigenvalue weighted by Gasteiger charge is 2.48. The maximum absolute atomic E-state index is 13.7. The summed E-state index contributed by atoms with van der Waals surface area (Å²) in [5.41, 5.74) is 0.267. The van der Waals surface area contributed by atoms with Crippen molar-refractivity contribution in [3.8, 4) is 5.75 Å². The van der Waals surface area contributed by atoms with Crippen LogP contribution < -0.4 is 10.1 Å². The second kappa shape index (κ2) is 8.20. The lowest BCUT2D eigenvalue weighted by Crippen LogP contribution is -2.48. The number of halogens is 3. The average Bonchev–Trinajstić information content (AvgIpc) is 3.39. The Hall–Kier alpha value is -3.36. The number of hydrogen-bond acceptors (Lipinski definition) is 5. The van der Waals surface area contributed by atoms with Crippen molar-refractivity contribution in [3.05, 3.63) is 59.9 Å². The van der Waals surface area contributed by atoms with E-state index in [4.69, 9.17) is 4.74 Å². The predicted molar refractivity (Wildman–Crippen MR) is 117 cm³/mol. The number of nitrogens with zero attached hydrogens (tertiary/aromatic N) is 3. The number of piperidine rings is 1. The molecule has 3 atom stereocenters. The van der Waals surface area contributed by atoms with E-state index >= 15 is 0 Å². The smallest absolute Gasteiger partial charge is 0.417 e. The summed E-state index contributed by atoms with van der Waals surface area (Å²) in [5, 5.41) is 4.10. The minimum Gasteiger partial charge on any atom is -0.493 e. The molecule has 0 spiro atoms. The largest absolute Gasteiger partial charge is 0.493 e. The van der Waals surface area contributed by atoms with Crippen molar-refractivity contribution in [2.45, 2.75) is 38.0 Å². The maximum atomic E-state index is 13.7. The maximum Gasteiger partial charge on any atom is 0.417 e. The second-order valence-corrected chi connectivity index (χ2v) is 8.49. The number of likely N-dealkylation sites (tertiary alicyclic amines) is 1. The number of pyridine rings is 2. The highest BCUT2D eigenvalue weighted by atomic mass is 19.4. The summed E-state index contributed by atoms with van der Waals surface area (Å²) < 4.78 is 44.2. The lowest BCUT2D eigenvalue weighted by Gasteiger charge is -2.34. The van der Waals surface area contributed by atoms with Crippen LogP contribution >= 0.6 is 0 Å². The van der Waals surface area contributed by atoms with E-state index in [0.29, 0.717) is 41.7 Å². The molecule has 2 aromatic heterocycles. The topological polar surface area (TPSA) is 67.3 Å². The Bertz CT molecular complexity index is 1180. The number of nitrogens with one attached hydrogen (secondary N) is 1. The Labute approximate surface area is 188 Å². The summed E-state index contributed by atoms with van der Waals surface area (Å²) in [6, 6.07) is 9.61. The molecule has 2 aliphatic rings. The lowest BCUT2D eigenvalue weighted by molar-refractivity contribution is -0.137. The molecule has 1 amide bonds. The molecular weight excluding hydrogens is 433 g/mol. The number of ether oxygens (including phenoxy) is 1. The first-order valence-electron chi connectivity index (χ1n) is 11.0. The van der Waals surface area contributed by atoms with Crippen LogP contribution in [0.2, 0.25) is 0 Å². The predicted octanol–water partition coefficient (Wildman–Crippen LogP) is 4.76. The molecule has 0 unspecified atom stereocenters. The van der Waals surface area contributed by atoms with Gasteiger partial charge >= 0.3 is 6.18 Å². The number of rotatable bonds is 5. The third kappa shape index (κ3) is 3.96. The van der Waals surface area contributed by atoms with Gasteiger partial charge in [0.15, 0.2) is 0 Å². The Balaban J connectivity index is 1.40. The highest BCUT2D eigenvalue weighted by Crippen LogP contribution is 2.41. The van der Waals surface area contributed by atoms with Gasteiger partial charge in [-0.25, -0.2) is 4.98 Å². The van der Waals surface area contributed by atoms with Crippen LogP contribution in [0.15, 0.2) is 48.8 Å². The molecule has 2 bridgehead atoms. The van der Waals surface area contributed by atoms with Crippen molar-refractivity contribution in [1.29, 1.82) is 0 Å². The van der Waals surface area contributed by atoms with E-state index in [1.165, 1.54) is 6.07 Å². The first-order chi connectivity index (χ1) is 15.8. The minimum atomic E-state index is -4.42. The van der Waals surface area contributed by atoms with E-state index in [9.17, 15) is 18.0 Å². The Morgan fingerprint density at radius 1 is 1.18 bits per heavy atom. The van der Waals surface area contributed by atoms with Crippen molar-refractivity contribution < 1.29 is 22.7 Å². The van der Waals surface area contributed by atoms with Gasteiger partial charge in [0.25, 0.3) is 5.91 Å². The Morgan fingerprint density at radius 3 is 2.73 bits per heavy atom. The third-order valence-electron chi connectivity index (χ3n) is 6.42. The molecule has 3 aromatic rings. The van der Waals surface area contributed by atoms with E-state index in [2.05, 4.69) is 15.3 Å². The molecule has 1 saturated carbocycles. The highest BCUT2D eigenvalue weighted by molar-refractivity contribution is 6.08. The molecule has 1 aliphatic heterocycles. The van der Waals surface area contributed by atoms with Gasteiger partial charge in [0.2, 0.25) is 0 Å². The van der Waals surface area contributed by atoms with Gasteiger partial charge in [-0.05, 0) is 56.0 Å². The van der Waals surface area contributed by atoms with E-state index in [-0.39, 0.29) is 18.0 Å². The van der Waals surface area contributed by atoms with Crippen LogP contribution in [0.4, 0.5) is 19.0 Å². The van der Waals surface area contributed by atoms with Gasteiger partial charge in [0.05, 0.1) is 23.7 Å². The van der Waals surface area contributed by atoms with E-state index in [0.717, 1.165) is 30.5 Å². The Kier molecular flexibility index (Phi) is 5.34. The molecule has 9 heteroatoms. The van der Waals surface area contributed by atoms with Gasteiger partial charge in [0, 0.05) is 30.4 Å². The molecule has 3 heterocycles. The average molecular weight is 456 g/mol. The molecule has 1 aliphatic carbocycles. The first kappa shape index (κ1) is 21.5. The number of alkyl halides is 3. The summed E-state index contributed by atoms with van der Waals surface area (Å²) in [4.78, 5) is 24.0. The molecule has 0 radical (unpaired) electrons. The zero-order valence-corrected chi connectivity index (χ0v) is 18.0. The fourth-order valence-corrected chi connectivity index (χ4v) is 5.00. The number of fused-ring (bicyclic) bond motifs is 3. The lowest BCUT2D eigenvalue weighted by atomic mass is 10.0. The molecule has 33 heavy (non-hydrogen) atoms. The zero-order chi connectivity index (χ0) is 23.2. The third-order valence-corrected chi connectivity index (χ3v) is 6.42. The summed E-state index contributed by atoms with van der Waals surface area (Å²) in [5.74, 6) is 1.06. The SMILES string of the molecule is CCOc1ccc2cccnc2c1C(=O)N1C[C@@H]2C[C@@H](Nc3ccc(C(F)(F)F)cn3)[C@@H]1C2. The number of hydrogen-bond donors (Lipinski definition) is 1. The fraction of sp³-hybridized carbons (Fsp3) is 0.375. The summed E-state index contributed by atoms with van der Waals surface area (Å²) in [6.45, 7) is 2.93. The van der Waals surface area contributed by atoms with Crippen molar-refractivity contribution in [1.82, 2.24) is 14.9 Å². The number of benzene rings is 1. The van der Waals surface area contributed by atoms with Gasteiger partial charge in [-0.1, -0.05) is 6.07 Å². The molecule has 172 valence electrons. The van der Waals surface area contributed by atoms with E-state index < -0.39 is 11.7 Å². The zero-order valence-electron chi connectivity index (χ0n) is 18.0. The van der Waals surface area contributed by atoms with Crippen LogP contribution in [0.5, 0.6) is 5.75 Å². The molecule has 6 nitrogen and oxygen atoms in total. The van der Waals surface area contributed by atoms with Crippen molar-refractivity contribution in [3.63, 3.8) is 0 Å². The molecule has 1 N–H and O–H groups in total. The van der Waals surface area contributed by atoms with Crippen LogP contribution in [-0.4, -0.2) is 46.0 Å². The number of carbonyl (C=O) groups is 1. The Morgan fingerprint density at radius 2 is 2.03 bits per heavy atom. The van der Waals surface area contributed by atoms with Crippen LogP contribution in [-0.2, 0) is 6.18 Å². The monoisotopic (exact) mass is 456 g/mol. The molecule has 1 saturated heterocycles. The summed E-state index contributed by atoms with van der Waals surface area (Å²) in [7, 11) is 0. The number of amides is 1. The second-order valence-electron chi connectivity index (χ2n) is 8.49. The quantitative estimate of drug-likeness (QED) is 0.600. The van der Waals surface area contributed by atoms with Crippen molar-refractivity contribution in [2.75, 3.05) is 18.5 Å². The summed E-state index contributed by atoms with van der Waals surface area (Å²) >= 11 is 0. The van der Waals surface area contributed by atoms with Gasteiger partial charge in [0.1, 0.15) is 17.1 Å². The van der Waals surface area contributed by atoms with Gasteiger partial charge in [-0.15, -0.1) is 0 Å². The van der Waals surface area contributed by atoms with E-state index in [1.54, 1.807) is 12.3 Å². The van der Waals surface area contributed by atoms with Crippen molar-refractivity contribution in [2.24, 2.45) is 5.92 Å². The van der Waals surface area contributed by atoms with Crippen LogP contribution in [0.25, 0.3) is 10.9 Å². The van der Waals surface area contributed by atoms with Crippen LogP contribution in [0.3, 0.4) is 0 Å². The minimum absolute atomic E-state index is 0.0833. The first-order valence-corrected chi connectivity index (χ1v) is 11.0. The normalized spacial score (nSPS) is 22.1. The summed E-state index contributed by atoms with van der Waals surface area (Å²) in [6.07, 6.45) is -0.262. The molecular formula is C24H23F3N4O2. The van der Waals surface area contributed by atoms with Gasteiger partial charge < -0.3 is 15.0 Å². The van der Waals surface area contributed by atoms with Crippen LogP contribution in [0.1, 0.15) is 35.7 Å². The van der Waals surface area contributed by atoms with Crippen LogP contribution in [0, 0.1) is 5.92 Å². The fourth-order valence-electron chi connectivity index (χ4n) is 5.00.